The van der Waals surface area contributed by atoms with Gasteiger partial charge in [-0.2, -0.15) is 0 Å². The molecule has 8 heteroatoms. The van der Waals surface area contributed by atoms with Crippen LogP contribution in [0.1, 0.15) is 37.9 Å². The van der Waals surface area contributed by atoms with E-state index in [0.717, 1.165) is 0 Å². The second kappa shape index (κ2) is 11.2. The molecule has 0 spiro atoms. The topological polar surface area (TPSA) is 88.8 Å². The first-order valence-electron chi connectivity index (χ1n) is 11.2. The van der Waals surface area contributed by atoms with Crippen LogP contribution in [0.15, 0.2) is 69.9 Å². The molecule has 1 aromatic heterocycles. The highest BCUT2D eigenvalue weighted by Gasteiger charge is 2.32. The molecule has 1 heterocycles. The molecule has 0 fully saturated rings. The summed E-state index contributed by atoms with van der Waals surface area (Å²) in [5, 5.41) is 4.04. The van der Waals surface area contributed by atoms with E-state index in [1.54, 1.807) is 49.4 Å². The third-order valence-electron chi connectivity index (χ3n) is 5.32. The van der Waals surface area contributed by atoms with Gasteiger partial charge in [0.15, 0.2) is 0 Å². The zero-order valence-electron chi connectivity index (χ0n) is 20.3. The summed E-state index contributed by atoms with van der Waals surface area (Å²) in [4.78, 5) is 40.7. The number of fused-ring (bicyclic) bond motifs is 1. The van der Waals surface area contributed by atoms with Gasteiger partial charge in [0.1, 0.15) is 17.4 Å². The molecule has 3 aromatic rings. The summed E-state index contributed by atoms with van der Waals surface area (Å²) in [6, 6.07) is 12.1. The number of hydrogen-bond acceptors (Lipinski definition) is 5. The zero-order valence-corrected chi connectivity index (χ0v) is 21.0. The summed E-state index contributed by atoms with van der Waals surface area (Å²) >= 11 is 6.06. The molecule has 0 aliphatic heterocycles. The van der Waals surface area contributed by atoms with Crippen LogP contribution in [0, 0.1) is 0 Å². The lowest BCUT2D eigenvalue weighted by Crippen LogP contribution is -2.46. The Morgan fingerprint density at radius 1 is 1.14 bits per heavy atom. The van der Waals surface area contributed by atoms with Gasteiger partial charge < -0.3 is 19.4 Å². The van der Waals surface area contributed by atoms with Crippen molar-refractivity contribution in [2.45, 2.75) is 39.3 Å². The number of ether oxygens (including phenoxy) is 1. The van der Waals surface area contributed by atoms with Crippen LogP contribution < -0.4 is 15.7 Å². The Kier molecular flexibility index (Phi) is 8.35. The van der Waals surface area contributed by atoms with Gasteiger partial charge in [-0.05, 0) is 56.2 Å². The Balaban J connectivity index is 2.06. The Labute approximate surface area is 209 Å². The van der Waals surface area contributed by atoms with Gasteiger partial charge in [-0.3, -0.25) is 9.59 Å². The Morgan fingerprint density at radius 2 is 1.83 bits per heavy atom. The summed E-state index contributed by atoms with van der Waals surface area (Å²) < 4.78 is 10.5. The van der Waals surface area contributed by atoms with Crippen LogP contribution in [-0.4, -0.2) is 36.4 Å². The van der Waals surface area contributed by atoms with Gasteiger partial charge in [0, 0.05) is 35.1 Å². The molecule has 1 atom stereocenters. The van der Waals surface area contributed by atoms with Crippen molar-refractivity contribution in [3.8, 4) is 5.75 Å². The van der Waals surface area contributed by atoms with Crippen LogP contribution in [0.4, 0.5) is 0 Å². The Hall–Kier alpha value is -3.58. The van der Waals surface area contributed by atoms with Crippen molar-refractivity contribution in [2.24, 2.45) is 0 Å². The summed E-state index contributed by atoms with van der Waals surface area (Å²) in [6.45, 7) is 9.61. The highest BCUT2D eigenvalue weighted by molar-refractivity contribution is 6.30. The lowest BCUT2D eigenvalue weighted by Gasteiger charge is -2.32. The second-order valence-corrected chi connectivity index (χ2v) is 9.16. The predicted molar refractivity (Wildman–Crippen MR) is 137 cm³/mol. The van der Waals surface area contributed by atoms with E-state index in [-0.39, 0.29) is 30.8 Å². The van der Waals surface area contributed by atoms with Crippen LogP contribution in [0.3, 0.4) is 0 Å². The number of benzene rings is 2. The molecular formula is C27H29ClN2O5. The van der Waals surface area contributed by atoms with Gasteiger partial charge in [0.05, 0.1) is 13.5 Å². The number of methoxy groups -OCH3 is 1. The lowest BCUT2D eigenvalue weighted by atomic mass is 10.0. The van der Waals surface area contributed by atoms with E-state index < -0.39 is 11.7 Å². The average molecular weight is 497 g/mol. The van der Waals surface area contributed by atoms with Crippen molar-refractivity contribution < 1.29 is 18.7 Å². The Morgan fingerprint density at radius 3 is 2.43 bits per heavy atom. The molecule has 0 saturated heterocycles. The van der Waals surface area contributed by atoms with E-state index in [4.69, 9.17) is 20.8 Å². The molecule has 0 aliphatic rings. The van der Waals surface area contributed by atoms with E-state index in [9.17, 15) is 14.4 Å². The summed E-state index contributed by atoms with van der Waals surface area (Å²) in [6.07, 6.45) is -0.110. The first-order chi connectivity index (χ1) is 16.6. The van der Waals surface area contributed by atoms with E-state index >= 15 is 0 Å². The fourth-order valence-electron chi connectivity index (χ4n) is 3.84. The maximum Gasteiger partial charge on any atom is 0.336 e. The first-order valence-corrected chi connectivity index (χ1v) is 11.6. The molecule has 3 rings (SSSR count). The van der Waals surface area contributed by atoms with Gasteiger partial charge in [0.25, 0.3) is 0 Å². The molecular weight excluding hydrogens is 468 g/mol. The highest BCUT2D eigenvalue weighted by atomic mass is 35.5. The third-order valence-corrected chi connectivity index (χ3v) is 5.57. The summed E-state index contributed by atoms with van der Waals surface area (Å²) in [5.74, 6) is -0.130. The van der Waals surface area contributed by atoms with Crippen molar-refractivity contribution in [1.29, 1.82) is 0 Å². The Bertz CT molecular complexity index is 1300. The standard InChI is InChI=1S/C27H29ClN2O5/c1-16(2)15-30(26(27(33)29-17(3)4)18-6-8-20(28)9-7-18)24(31)12-19-13-25(32)35-23-14-21(34-5)10-11-22(19)23/h6-11,13-14,17,26H,1,12,15H2,2-5H3,(H,29,33). The minimum Gasteiger partial charge on any atom is -0.497 e. The van der Waals surface area contributed by atoms with Crippen LogP contribution >= 0.6 is 11.6 Å². The van der Waals surface area contributed by atoms with Gasteiger partial charge in [-0.25, -0.2) is 4.79 Å². The third kappa shape index (κ3) is 6.51. The van der Waals surface area contributed by atoms with Gasteiger partial charge in [-0.1, -0.05) is 35.9 Å². The number of carbonyl (C=O) groups is 2. The molecule has 0 aliphatic carbocycles. The fourth-order valence-corrected chi connectivity index (χ4v) is 3.97. The van der Waals surface area contributed by atoms with E-state index in [2.05, 4.69) is 11.9 Å². The molecule has 35 heavy (non-hydrogen) atoms. The number of amides is 2. The van der Waals surface area contributed by atoms with Crippen LogP contribution in [-0.2, 0) is 16.0 Å². The molecule has 1 unspecified atom stereocenters. The number of carbonyl (C=O) groups excluding carboxylic acids is 2. The fraction of sp³-hybridized carbons (Fsp3) is 0.296. The summed E-state index contributed by atoms with van der Waals surface area (Å²) in [5.41, 5.74) is 1.56. The summed E-state index contributed by atoms with van der Waals surface area (Å²) in [7, 11) is 1.52. The molecule has 0 bridgehead atoms. The van der Waals surface area contributed by atoms with Crippen molar-refractivity contribution in [1.82, 2.24) is 10.2 Å². The normalized spacial score (nSPS) is 11.8. The quantitative estimate of drug-likeness (QED) is 0.343. The minimum absolute atomic E-state index is 0.110. The second-order valence-electron chi connectivity index (χ2n) is 8.73. The molecule has 0 saturated carbocycles. The van der Waals surface area contributed by atoms with Crippen LogP contribution in [0.5, 0.6) is 5.75 Å². The SMILES string of the molecule is C=C(C)CN(C(=O)Cc1cc(=O)oc2cc(OC)ccc12)C(C(=O)NC(C)C)c1ccc(Cl)cc1. The van der Waals surface area contributed by atoms with E-state index in [1.165, 1.54) is 18.1 Å². The molecule has 2 amide bonds. The molecule has 2 aromatic carbocycles. The van der Waals surface area contributed by atoms with Crippen molar-refractivity contribution in [3.63, 3.8) is 0 Å². The average Bonchev–Trinajstić information content (AvgIpc) is 2.78. The van der Waals surface area contributed by atoms with Gasteiger partial charge in [-0.15, -0.1) is 0 Å². The molecule has 1 N–H and O–H groups in total. The minimum atomic E-state index is -0.912. The number of hydrogen-bond donors (Lipinski definition) is 1. The predicted octanol–water partition coefficient (Wildman–Crippen LogP) is 4.67. The first kappa shape index (κ1) is 26.0. The zero-order chi connectivity index (χ0) is 25.7. The number of nitrogens with zero attached hydrogens (tertiary/aromatic N) is 1. The largest absolute Gasteiger partial charge is 0.497 e. The van der Waals surface area contributed by atoms with Crippen LogP contribution in [0.2, 0.25) is 5.02 Å². The van der Waals surface area contributed by atoms with Crippen molar-refractivity contribution in [2.75, 3.05) is 13.7 Å². The molecule has 7 nitrogen and oxygen atoms in total. The molecule has 184 valence electrons. The molecule has 0 radical (unpaired) electrons. The van der Waals surface area contributed by atoms with Crippen LogP contribution in [0.25, 0.3) is 11.0 Å². The number of nitrogens with one attached hydrogen (secondary N) is 1. The smallest absolute Gasteiger partial charge is 0.336 e. The lowest BCUT2D eigenvalue weighted by molar-refractivity contribution is -0.140. The maximum absolute atomic E-state index is 13.7. The number of rotatable bonds is 9. The highest BCUT2D eigenvalue weighted by Crippen LogP contribution is 2.27. The van der Waals surface area contributed by atoms with Crippen molar-refractivity contribution >= 4 is 34.4 Å². The maximum atomic E-state index is 13.7. The van der Waals surface area contributed by atoms with Gasteiger partial charge >= 0.3 is 5.63 Å². The monoisotopic (exact) mass is 496 g/mol. The van der Waals surface area contributed by atoms with Gasteiger partial charge in [0.2, 0.25) is 11.8 Å². The van der Waals surface area contributed by atoms with E-state index in [1.807, 2.05) is 13.8 Å². The van der Waals surface area contributed by atoms with Crippen molar-refractivity contribution in [3.05, 3.63) is 87.3 Å². The number of halogens is 1. The van der Waals surface area contributed by atoms with E-state index in [0.29, 0.717) is 38.4 Å².